The minimum atomic E-state index is -3.87. The van der Waals surface area contributed by atoms with Gasteiger partial charge in [0, 0.05) is 17.4 Å². The second-order valence-corrected chi connectivity index (χ2v) is 6.66. The molecule has 0 saturated carbocycles. The number of methoxy groups -OCH3 is 1. The highest BCUT2D eigenvalue weighted by Gasteiger charge is 2.14. The summed E-state index contributed by atoms with van der Waals surface area (Å²) in [6, 6.07) is 8.33. The van der Waals surface area contributed by atoms with Crippen LogP contribution in [0.2, 0.25) is 0 Å². The first-order valence-electron chi connectivity index (χ1n) is 6.89. The maximum absolute atomic E-state index is 12.1. The lowest BCUT2D eigenvalue weighted by Crippen LogP contribution is -2.18. The Morgan fingerprint density at radius 2 is 1.88 bits per heavy atom. The lowest BCUT2D eigenvalue weighted by Gasteiger charge is -2.13. The molecule has 132 valence electrons. The van der Waals surface area contributed by atoms with Gasteiger partial charge in [-0.2, -0.15) is 13.5 Å². The second kappa shape index (κ2) is 7.18. The molecule has 0 aliphatic rings. The van der Waals surface area contributed by atoms with Crippen LogP contribution in [0.25, 0.3) is 0 Å². The van der Waals surface area contributed by atoms with Gasteiger partial charge in [0.05, 0.1) is 23.1 Å². The van der Waals surface area contributed by atoms with Crippen molar-refractivity contribution in [3.8, 4) is 11.5 Å². The van der Waals surface area contributed by atoms with Gasteiger partial charge < -0.3 is 9.84 Å². The summed E-state index contributed by atoms with van der Waals surface area (Å²) in [7, 11) is -2.68. The van der Waals surface area contributed by atoms with Crippen molar-refractivity contribution < 1.29 is 23.2 Å². The van der Waals surface area contributed by atoms with Gasteiger partial charge >= 0.3 is 0 Å². The van der Waals surface area contributed by atoms with Gasteiger partial charge in [0.15, 0.2) is 0 Å². The first-order valence-corrected chi connectivity index (χ1v) is 8.38. The fraction of sp³-hybridized carbons (Fsp3) is 0.133. The molecular weight excluding hydrogens is 350 g/mol. The molecule has 1 N–H and O–H groups in total. The summed E-state index contributed by atoms with van der Waals surface area (Å²) in [5.74, 6) is -1.11. The van der Waals surface area contributed by atoms with Crippen LogP contribution < -0.4 is 14.7 Å². The lowest BCUT2D eigenvalue weighted by atomic mass is 10.2. The molecule has 0 spiro atoms. The Bertz CT molecular complexity index is 923. The number of sulfonamides is 1. The fourth-order valence-corrected chi connectivity index (χ4v) is 2.70. The number of nitrogens with one attached hydrogen (secondary N) is 1. The molecule has 0 unspecified atom stereocenters. The summed E-state index contributed by atoms with van der Waals surface area (Å²) in [4.78, 5) is 12.1. The van der Waals surface area contributed by atoms with Crippen LogP contribution in [0.1, 0.15) is 11.1 Å². The molecule has 0 atom stereocenters. The van der Waals surface area contributed by atoms with E-state index in [4.69, 9.17) is 4.74 Å². The van der Waals surface area contributed by atoms with Crippen molar-refractivity contribution in [2.75, 3.05) is 7.11 Å². The van der Waals surface area contributed by atoms with Gasteiger partial charge in [-0.05, 0) is 25.1 Å². The summed E-state index contributed by atoms with van der Waals surface area (Å²) in [6.45, 7) is 1.82. The van der Waals surface area contributed by atoms with Gasteiger partial charge in [-0.15, -0.1) is 0 Å². The highest BCUT2D eigenvalue weighted by Crippen LogP contribution is 2.33. The molecule has 0 heterocycles. The van der Waals surface area contributed by atoms with E-state index in [1.54, 1.807) is 12.1 Å². The van der Waals surface area contributed by atoms with Crippen LogP contribution in [-0.2, 0) is 10.0 Å². The van der Waals surface area contributed by atoms with Crippen LogP contribution in [0.15, 0.2) is 46.4 Å². The molecular formula is C15H14N3O6S-. The van der Waals surface area contributed by atoms with Crippen LogP contribution >= 0.6 is 0 Å². The predicted octanol–water partition coefficient (Wildman–Crippen LogP) is 1.30. The van der Waals surface area contributed by atoms with E-state index in [2.05, 4.69) is 5.10 Å². The number of nitrogens with zero attached hydrogens (tertiary/aromatic N) is 2. The van der Waals surface area contributed by atoms with Gasteiger partial charge in [-0.25, -0.2) is 4.83 Å². The van der Waals surface area contributed by atoms with E-state index in [0.717, 1.165) is 17.8 Å². The number of aryl methyl sites for hydroxylation is 1. The average Bonchev–Trinajstić information content (AvgIpc) is 2.56. The van der Waals surface area contributed by atoms with Gasteiger partial charge in [0.2, 0.25) is 0 Å². The van der Waals surface area contributed by atoms with Crippen molar-refractivity contribution in [3.63, 3.8) is 0 Å². The molecule has 9 nitrogen and oxygen atoms in total. The van der Waals surface area contributed by atoms with E-state index in [-0.39, 0.29) is 16.2 Å². The Balaban J connectivity index is 2.26. The van der Waals surface area contributed by atoms with Crippen molar-refractivity contribution >= 4 is 21.9 Å². The third-order valence-electron chi connectivity index (χ3n) is 3.19. The Hall–Kier alpha value is -3.14. The first-order chi connectivity index (χ1) is 11.7. The molecule has 0 radical (unpaired) electrons. The molecule has 0 amide bonds. The maximum Gasteiger partial charge on any atom is 0.276 e. The molecule has 0 aliphatic carbocycles. The molecule has 10 heteroatoms. The number of nitro benzene ring substituents is 1. The lowest BCUT2D eigenvalue weighted by molar-refractivity contribution is -0.398. The second-order valence-electron chi connectivity index (χ2n) is 4.99. The van der Waals surface area contributed by atoms with Gasteiger partial charge in [-0.1, -0.05) is 17.7 Å². The quantitative estimate of drug-likeness (QED) is 0.466. The minimum absolute atomic E-state index is 0.0220. The molecule has 2 aromatic carbocycles. The zero-order chi connectivity index (χ0) is 18.6. The summed E-state index contributed by atoms with van der Waals surface area (Å²) in [5.41, 5.74) is 0.344. The monoisotopic (exact) mass is 364 g/mol. The summed E-state index contributed by atoms with van der Waals surface area (Å²) in [6.07, 6.45) is 1.04. The van der Waals surface area contributed by atoms with Crippen LogP contribution in [0.3, 0.4) is 0 Å². The number of hydrogen-bond acceptors (Lipinski definition) is 7. The van der Waals surface area contributed by atoms with Gasteiger partial charge in [0.25, 0.3) is 15.7 Å². The van der Waals surface area contributed by atoms with Crippen molar-refractivity contribution in [2.45, 2.75) is 11.8 Å². The van der Waals surface area contributed by atoms with Crippen LogP contribution in [-0.4, -0.2) is 26.7 Å². The number of nitro groups is 1. The average molecular weight is 364 g/mol. The predicted molar refractivity (Wildman–Crippen MR) is 88.2 cm³/mol. The standard InChI is InChI=1S/C15H15N3O6S/c1-10-3-5-12(6-4-10)25(22,23)17-16-9-11-7-13(18(20)21)15(19)14(8-11)24-2/h3-9,17,19H,1-2H3/p-1/b16-9-. The van der Waals surface area contributed by atoms with Crippen molar-refractivity contribution in [3.05, 3.63) is 57.6 Å². The summed E-state index contributed by atoms with van der Waals surface area (Å²) >= 11 is 0. The van der Waals surface area contributed by atoms with Gasteiger partial charge in [0.1, 0.15) is 5.75 Å². The zero-order valence-electron chi connectivity index (χ0n) is 13.3. The van der Waals surface area contributed by atoms with E-state index in [9.17, 15) is 23.6 Å². The minimum Gasteiger partial charge on any atom is -0.865 e. The zero-order valence-corrected chi connectivity index (χ0v) is 14.1. The fourth-order valence-electron chi connectivity index (χ4n) is 1.91. The Morgan fingerprint density at radius 1 is 1.24 bits per heavy atom. The van der Waals surface area contributed by atoms with Gasteiger partial charge in [-0.3, -0.25) is 10.1 Å². The van der Waals surface area contributed by atoms with E-state index < -0.39 is 26.4 Å². The molecule has 0 aromatic heterocycles. The van der Waals surface area contributed by atoms with E-state index in [1.165, 1.54) is 25.3 Å². The SMILES string of the molecule is COc1cc(/C=N\NS(=O)(=O)c2ccc(C)cc2)cc([N+](=O)[O-])c1[O-]. The highest BCUT2D eigenvalue weighted by molar-refractivity contribution is 7.89. The van der Waals surface area contributed by atoms with Crippen molar-refractivity contribution in [2.24, 2.45) is 5.10 Å². The topological polar surface area (TPSA) is 134 Å². The van der Waals surface area contributed by atoms with Crippen molar-refractivity contribution in [1.82, 2.24) is 4.83 Å². The molecule has 0 fully saturated rings. The van der Waals surface area contributed by atoms with E-state index in [1.807, 2.05) is 11.8 Å². The summed E-state index contributed by atoms with van der Waals surface area (Å²) < 4.78 is 28.9. The Labute approximate surface area is 143 Å². The number of benzene rings is 2. The number of hydrogen-bond donors (Lipinski definition) is 1. The molecule has 2 rings (SSSR count). The maximum atomic E-state index is 12.1. The van der Waals surface area contributed by atoms with Crippen LogP contribution in [0.5, 0.6) is 11.5 Å². The molecule has 25 heavy (non-hydrogen) atoms. The van der Waals surface area contributed by atoms with E-state index >= 15 is 0 Å². The third kappa shape index (κ3) is 4.23. The summed E-state index contributed by atoms with van der Waals surface area (Å²) in [5, 5.41) is 26.2. The number of ether oxygens (including phenoxy) is 1. The Morgan fingerprint density at radius 3 is 2.44 bits per heavy atom. The molecule has 0 aliphatic heterocycles. The Kier molecular flexibility index (Phi) is 5.22. The highest BCUT2D eigenvalue weighted by atomic mass is 32.2. The van der Waals surface area contributed by atoms with E-state index in [0.29, 0.717) is 0 Å². The number of rotatable bonds is 6. The molecule has 0 saturated heterocycles. The van der Waals surface area contributed by atoms with Crippen LogP contribution in [0, 0.1) is 17.0 Å². The molecule has 0 bridgehead atoms. The molecule has 2 aromatic rings. The smallest absolute Gasteiger partial charge is 0.276 e. The third-order valence-corrected chi connectivity index (χ3v) is 4.43. The normalized spacial score (nSPS) is 11.4. The van der Waals surface area contributed by atoms with Crippen molar-refractivity contribution in [1.29, 1.82) is 0 Å². The van der Waals surface area contributed by atoms with Crippen LogP contribution in [0.4, 0.5) is 5.69 Å². The first kappa shape index (κ1) is 18.2. The largest absolute Gasteiger partial charge is 0.865 e. The number of hydrazone groups is 1.